The number of hydrogen-bond donors (Lipinski definition) is 0. The Balaban J connectivity index is 2.14. The molecule has 0 radical (unpaired) electrons. The lowest BCUT2D eigenvalue weighted by Crippen LogP contribution is -2.07. The number of rotatable bonds is 5. The van der Waals surface area contributed by atoms with Crippen LogP contribution in [0.25, 0.3) is 5.82 Å². The van der Waals surface area contributed by atoms with Crippen LogP contribution in [0.15, 0.2) is 28.1 Å². The molecular formula is C12H10BrN5O2S. The molecule has 0 bridgehead atoms. The molecule has 21 heavy (non-hydrogen) atoms. The largest absolute Gasteiger partial charge is 0.465 e. The molecule has 0 unspecified atom stereocenters. The topological polar surface area (TPSA) is 93.7 Å². The maximum Gasteiger partial charge on any atom is 0.316 e. The lowest BCUT2D eigenvalue weighted by molar-refractivity contribution is -0.139. The number of carbonyl (C=O) groups excluding carboxylic acids is 1. The number of nitriles is 1. The SMILES string of the molecule is CCOC(=O)CSc1nccc(-n2cc(Br)c(C#N)n2)n1. The van der Waals surface area contributed by atoms with Crippen molar-refractivity contribution >= 4 is 33.7 Å². The van der Waals surface area contributed by atoms with E-state index in [0.29, 0.717) is 22.1 Å². The van der Waals surface area contributed by atoms with E-state index in [4.69, 9.17) is 10.00 Å². The highest BCUT2D eigenvalue weighted by Crippen LogP contribution is 2.18. The second-order valence-electron chi connectivity index (χ2n) is 3.67. The number of ether oxygens (including phenoxy) is 1. The molecule has 0 fully saturated rings. The Morgan fingerprint density at radius 1 is 1.62 bits per heavy atom. The summed E-state index contributed by atoms with van der Waals surface area (Å²) in [6.07, 6.45) is 3.21. The maximum absolute atomic E-state index is 11.3. The zero-order valence-electron chi connectivity index (χ0n) is 11.0. The van der Waals surface area contributed by atoms with E-state index in [1.54, 1.807) is 25.4 Å². The van der Waals surface area contributed by atoms with E-state index in [1.165, 1.54) is 16.4 Å². The maximum atomic E-state index is 11.3. The summed E-state index contributed by atoms with van der Waals surface area (Å²) in [6.45, 7) is 2.10. The molecule has 0 N–H and O–H groups in total. The van der Waals surface area contributed by atoms with Gasteiger partial charge in [-0.15, -0.1) is 0 Å². The van der Waals surface area contributed by atoms with Crippen LogP contribution in [0.2, 0.25) is 0 Å². The summed E-state index contributed by atoms with van der Waals surface area (Å²) in [5.41, 5.74) is 0.273. The molecular weight excluding hydrogens is 358 g/mol. The molecule has 0 amide bonds. The second kappa shape index (κ2) is 7.19. The summed E-state index contributed by atoms with van der Waals surface area (Å²) in [4.78, 5) is 19.7. The first kappa shape index (κ1) is 15.5. The molecule has 2 aromatic rings. The van der Waals surface area contributed by atoms with Gasteiger partial charge in [0.1, 0.15) is 6.07 Å². The highest BCUT2D eigenvalue weighted by Gasteiger charge is 2.10. The van der Waals surface area contributed by atoms with E-state index in [9.17, 15) is 4.79 Å². The highest BCUT2D eigenvalue weighted by molar-refractivity contribution is 9.10. The molecule has 0 aliphatic carbocycles. The predicted octanol–water partition coefficient (Wildman–Crippen LogP) is 1.95. The Labute approximate surface area is 133 Å². The van der Waals surface area contributed by atoms with Gasteiger partial charge in [-0.05, 0) is 22.9 Å². The first-order chi connectivity index (χ1) is 10.1. The van der Waals surface area contributed by atoms with Crippen molar-refractivity contribution in [2.45, 2.75) is 12.1 Å². The van der Waals surface area contributed by atoms with Crippen molar-refractivity contribution in [2.75, 3.05) is 12.4 Å². The summed E-state index contributed by atoms with van der Waals surface area (Å²) in [5.74, 6) is 0.340. The average Bonchev–Trinajstić information content (AvgIpc) is 2.87. The molecule has 2 rings (SSSR count). The van der Waals surface area contributed by atoms with Gasteiger partial charge in [0.15, 0.2) is 16.7 Å². The molecule has 0 atom stereocenters. The normalized spacial score (nSPS) is 10.1. The molecule has 9 heteroatoms. The third-order valence-corrected chi connectivity index (χ3v) is 3.67. The number of thioether (sulfide) groups is 1. The minimum Gasteiger partial charge on any atom is -0.465 e. The van der Waals surface area contributed by atoms with Crippen molar-refractivity contribution in [3.05, 3.63) is 28.6 Å². The quantitative estimate of drug-likeness (QED) is 0.452. The zero-order chi connectivity index (χ0) is 15.2. The van der Waals surface area contributed by atoms with Crippen LogP contribution in [0.4, 0.5) is 0 Å². The van der Waals surface area contributed by atoms with Gasteiger partial charge in [-0.25, -0.2) is 14.6 Å². The Morgan fingerprint density at radius 2 is 2.43 bits per heavy atom. The Bertz CT molecular complexity index is 697. The first-order valence-electron chi connectivity index (χ1n) is 5.91. The Hall–Kier alpha value is -1.92. The van der Waals surface area contributed by atoms with Gasteiger partial charge in [-0.1, -0.05) is 11.8 Å². The van der Waals surface area contributed by atoms with Gasteiger partial charge in [0.2, 0.25) is 0 Å². The van der Waals surface area contributed by atoms with Crippen LogP contribution in [-0.4, -0.2) is 38.1 Å². The van der Waals surface area contributed by atoms with E-state index in [0.717, 1.165) is 0 Å². The molecule has 0 aromatic carbocycles. The van der Waals surface area contributed by atoms with Crippen LogP contribution in [0.3, 0.4) is 0 Å². The summed E-state index contributed by atoms with van der Waals surface area (Å²) in [6, 6.07) is 3.63. The van der Waals surface area contributed by atoms with E-state index >= 15 is 0 Å². The molecule has 0 saturated heterocycles. The van der Waals surface area contributed by atoms with Crippen molar-refractivity contribution in [1.82, 2.24) is 19.7 Å². The third kappa shape index (κ3) is 4.03. The van der Waals surface area contributed by atoms with E-state index in [1.807, 2.05) is 6.07 Å². The standard InChI is InChI=1S/C12H10BrN5O2S/c1-2-20-11(19)7-21-12-15-4-3-10(16-12)18-6-8(13)9(5-14)17-18/h3-4,6H,2,7H2,1H3. The van der Waals surface area contributed by atoms with Crippen molar-refractivity contribution in [1.29, 1.82) is 5.26 Å². The summed E-state index contributed by atoms with van der Waals surface area (Å²) in [5, 5.41) is 13.4. The summed E-state index contributed by atoms with van der Waals surface area (Å²) >= 11 is 4.42. The van der Waals surface area contributed by atoms with Crippen molar-refractivity contribution in [2.24, 2.45) is 0 Å². The fraction of sp³-hybridized carbons (Fsp3) is 0.250. The highest BCUT2D eigenvalue weighted by atomic mass is 79.9. The van der Waals surface area contributed by atoms with Crippen LogP contribution in [0, 0.1) is 11.3 Å². The third-order valence-electron chi connectivity index (χ3n) is 2.25. The monoisotopic (exact) mass is 367 g/mol. The molecule has 0 saturated carbocycles. The predicted molar refractivity (Wildman–Crippen MR) is 78.9 cm³/mol. The minimum absolute atomic E-state index is 0.142. The summed E-state index contributed by atoms with van der Waals surface area (Å²) < 4.78 is 6.90. The Morgan fingerprint density at radius 3 is 3.10 bits per heavy atom. The number of nitrogens with zero attached hydrogens (tertiary/aromatic N) is 5. The van der Waals surface area contributed by atoms with Crippen molar-refractivity contribution < 1.29 is 9.53 Å². The van der Waals surface area contributed by atoms with Crippen LogP contribution < -0.4 is 0 Å². The van der Waals surface area contributed by atoms with Crippen LogP contribution in [-0.2, 0) is 9.53 Å². The number of halogens is 1. The fourth-order valence-corrected chi connectivity index (χ4v) is 2.39. The molecule has 108 valence electrons. The smallest absolute Gasteiger partial charge is 0.316 e. The van der Waals surface area contributed by atoms with Gasteiger partial charge < -0.3 is 4.74 Å². The first-order valence-corrected chi connectivity index (χ1v) is 7.69. The van der Waals surface area contributed by atoms with Crippen molar-refractivity contribution in [3.8, 4) is 11.9 Å². The average molecular weight is 368 g/mol. The van der Waals surface area contributed by atoms with E-state index in [-0.39, 0.29) is 17.4 Å². The van der Waals surface area contributed by atoms with Gasteiger partial charge in [0.25, 0.3) is 0 Å². The van der Waals surface area contributed by atoms with Gasteiger partial charge in [-0.3, -0.25) is 4.79 Å². The van der Waals surface area contributed by atoms with Crippen LogP contribution in [0.5, 0.6) is 0 Å². The molecule has 2 heterocycles. The molecule has 7 nitrogen and oxygen atoms in total. The van der Waals surface area contributed by atoms with Crippen molar-refractivity contribution in [3.63, 3.8) is 0 Å². The van der Waals surface area contributed by atoms with Crippen LogP contribution >= 0.6 is 27.7 Å². The zero-order valence-corrected chi connectivity index (χ0v) is 13.4. The lowest BCUT2D eigenvalue weighted by Gasteiger charge is -2.03. The molecule has 0 aliphatic heterocycles. The van der Waals surface area contributed by atoms with Crippen LogP contribution in [0.1, 0.15) is 12.6 Å². The number of aromatic nitrogens is 4. The Kier molecular flexibility index (Phi) is 5.30. The van der Waals surface area contributed by atoms with Gasteiger partial charge >= 0.3 is 5.97 Å². The molecule has 0 spiro atoms. The number of hydrogen-bond acceptors (Lipinski definition) is 7. The van der Waals surface area contributed by atoms with Gasteiger partial charge in [-0.2, -0.15) is 10.4 Å². The van der Waals surface area contributed by atoms with E-state index < -0.39 is 0 Å². The summed E-state index contributed by atoms with van der Waals surface area (Å²) in [7, 11) is 0. The fourth-order valence-electron chi connectivity index (χ4n) is 1.40. The van der Waals surface area contributed by atoms with Gasteiger partial charge in [0.05, 0.1) is 16.8 Å². The lowest BCUT2D eigenvalue weighted by atomic mass is 10.5. The molecule has 0 aliphatic rings. The molecule has 2 aromatic heterocycles. The second-order valence-corrected chi connectivity index (χ2v) is 5.47. The van der Waals surface area contributed by atoms with Gasteiger partial charge in [0, 0.05) is 18.5 Å². The van der Waals surface area contributed by atoms with E-state index in [2.05, 4.69) is 31.0 Å². The minimum atomic E-state index is -0.315. The number of esters is 1. The number of carbonyl (C=O) groups is 1.